The highest BCUT2D eigenvalue weighted by molar-refractivity contribution is 6.02. The van der Waals surface area contributed by atoms with Gasteiger partial charge in [-0.25, -0.2) is 0 Å². The molecule has 3 aromatic rings. The number of aryl methyl sites for hydroxylation is 3. The van der Waals surface area contributed by atoms with Crippen molar-refractivity contribution in [2.24, 2.45) is 5.92 Å². The second-order valence-electron chi connectivity index (χ2n) is 9.29. The maximum Gasteiger partial charge on any atom is 0.214 e. The molecule has 5 rings (SSSR count). The highest BCUT2D eigenvalue weighted by Gasteiger charge is 2.42. The van der Waals surface area contributed by atoms with E-state index in [-0.39, 0.29) is 0 Å². The highest BCUT2D eigenvalue weighted by atomic mass is 15.4. The molecule has 0 amide bonds. The van der Waals surface area contributed by atoms with Gasteiger partial charge in [0.25, 0.3) is 0 Å². The molecule has 0 bridgehead atoms. The lowest BCUT2D eigenvalue weighted by Crippen LogP contribution is -2.40. The fraction of sp³-hybridized carbons (Fsp3) is 0.276. The summed E-state index contributed by atoms with van der Waals surface area (Å²) in [6.45, 7) is 15.1. The lowest BCUT2D eigenvalue weighted by atomic mass is 9.86. The Labute approximate surface area is 186 Å². The van der Waals surface area contributed by atoms with Crippen LogP contribution in [0.3, 0.4) is 0 Å². The quantitative estimate of drug-likeness (QED) is 0.470. The van der Waals surface area contributed by atoms with Crippen LogP contribution in [-0.4, -0.2) is 10.9 Å². The molecule has 0 saturated carbocycles. The SMILES string of the molecule is Cc1cc(C)c(N2[C]N3C(=C2c2ccccc2)c2ccccc2C[C@@H]3C(C)C)c(C)c1. The molecule has 3 aromatic carbocycles. The van der Waals surface area contributed by atoms with Gasteiger partial charge in [-0.2, -0.15) is 0 Å². The van der Waals surface area contributed by atoms with Crippen LogP contribution in [0.25, 0.3) is 11.4 Å². The van der Waals surface area contributed by atoms with Crippen LogP contribution in [0.15, 0.2) is 66.7 Å². The standard InChI is InChI=1S/C29H30N2/c1-19(2)26-17-24-13-9-10-14-25(24)29-28(23-11-7-6-8-12-23)31(18-30(26)29)27-21(4)15-20(3)16-22(27)5/h6-16,19,26H,17H2,1-5H3/t26-/m1/s1. The van der Waals surface area contributed by atoms with Gasteiger partial charge in [0.05, 0.1) is 11.4 Å². The number of benzene rings is 3. The number of hydrogen-bond donors (Lipinski definition) is 0. The van der Waals surface area contributed by atoms with Crippen LogP contribution in [0.4, 0.5) is 5.69 Å². The first-order chi connectivity index (χ1) is 15.0. The van der Waals surface area contributed by atoms with E-state index in [9.17, 15) is 0 Å². The number of nitrogens with zero attached hydrogens (tertiary/aromatic N) is 2. The molecule has 31 heavy (non-hydrogen) atoms. The summed E-state index contributed by atoms with van der Waals surface area (Å²) in [5.41, 5.74) is 11.6. The zero-order chi connectivity index (χ0) is 21.7. The number of rotatable bonds is 3. The van der Waals surface area contributed by atoms with Gasteiger partial charge in [0.15, 0.2) is 0 Å². The van der Waals surface area contributed by atoms with E-state index >= 15 is 0 Å². The molecule has 2 heterocycles. The van der Waals surface area contributed by atoms with E-state index in [0.717, 1.165) is 6.42 Å². The van der Waals surface area contributed by atoms with E-state index in [1.807, 2.05) is 0 Å². The molecule has 0 unspecified atom stereocenters. The molecular formula is C29H30N2. The first kappa shape index (κ1) is 19.9. The number of hydrogen-bond acceptors (Lipinski definition) is 2. The Kier molecular flexibility index (Phi) is 4.89. The van der Waals surface area contributed by atoms with Crippen molar-refractivity contribution in [1.82, 2.24) is 4.90 Å². The lowest BCUT2D eigenvalue weighted by Gasteiger charge is -2.38. The molecule has 0 saturated heterocycles. The Morgan fingerprint density at radius 1 is 0.839 bits per heavy atom. The van der Waals surface area contributed by atoms with Gasteiger partial charge in [0.1, 0.15) is 0 Å². The second-order valence-corrected chi connectivity index (χ2v) is 9.29. The zero-order valence-electron chi connectivity index (χ0n) is 19.1. The largest absolute Gasteiger partial charge is 0.335 e. The molecule has 2 nitrogen and oxygen atoms in total. The van der Waals surface area contributed by atoms with Gasteiger partial charge in [-0.05, 0) is 49.8 Å². The molecule has 0 aliphatic carbocycles. The fourth-order valence-electron chi connectivity index (χ4n) is 5.25. The summed E-state index contributed by atoms with van der Waals surface area (Å²) >= 11 is 0. The third-order valence-electron chi connectivity index (χ3n) is 6.61. The van der Waals surface area contributed by atoms with Crippen LogP contribution in [0.5, 0.6) is 0 Å². The molecule has 2 radical (unpaired) electrons. The predicted octanol–water partition coefficient (Wildman–Crippen LogP) is 6.84. The molecule has 156 valence electrons. The Balaban J connectivity index is 1.81. The van der Waals surface area contributed by atoms with Crippen LogP contribution in [0.2, 0.25) is 0 Å². The van der Waals surface area contributed by atoms with Gasteiger partial charge in [-0.3, -0.25) is 0 Å². The summed E-state index contributed by atoms with van der Waals surface area (Å²) in [5, 5.41) is 0. The maximum absolute atomic E-state index is 3.82. The summed E-state index contributed by atoms with van der Waals surface area (Å²) in [4.78, 5) is 4.75. The van der Waals surface area contributed by atoms with Crippen molar-refractivity contribution in [3.05, 3.63) is 107 Å². The van der Waals surface area contributed by atoms with Crippen molar-refractivity contribution in [2.45, 2.75) is 47.1 Å². The van der Waals surface area contributed by atoms with Crippen LogP contribution >= 0.6 is 0 Å². The van der Waals surface area contributed by atoms with Gasteiger partial charge < -0.3 is 9.80 Å². The van der Waals surface area contributed by atoms with Gasteiger partial charge in [-0.15, -0.1) is 0 Å². The minimum atomic E-state index is 0.389. The van der Waals surface area contributed by atoms with Crippen molar-refractivity contribution < 1.29 is 0 Å². The van der Waals surface area contributed by atoms with E-state index in [4.69, 9.17) is 0 Å². The van der Waals surface area contributed by atoms with E-state index in [1.54, 1.807) is 0 Å². The van der Waals surface area contributed by atoms with Crippen molar-refractivity contribution in [3.63, 3.8) is 0 Å². The molecule has 2 aliphatic rings. The summed E-state index contributed by atoms with van der Waals surface area (Å²) in [6, 6.07) is 24.6. The monoisotopic (exact) mass is 406 g/mol. The topological polar surface area (TPSA) is 6.48 Å². The molecular weight excluding hydrogens is 376 g/mol. The molecule has 0 fully saturated rings. The number of anilines is 1. The van der Waals surface area contributed by atoms with Crippen molar-refractivity contribution in [1.29, 1.82) is 0 Å². The molecule has 0 spiro atoms. The Morgan fingerprint density at radius 3 is 2.16 bits per heavy atom. The minimum absolute atomic E-state index is 0.389. The maximum atomic E-state index is 3.82. The van der Waals surface area contributed by atoms with Gasteiger partial charge >= 0.3 is 0 Å². The molecule has 2 aliphatic heterocycles. The minimum Gasteiger partial charge on any atom is -0.335 e. The molecule has 1 atom stereocenters. The second kappa shape index (κ2) is 7.60. The third-order valence-corrected chi connectivity index (χ3v) is 6.61. The van der Waals surface area contributed by atoms with Gasteiger partial charge in [0, 0.05) is 22.9 Å². The highest BCUT2D eigenvalue weighted by Crippen LogP contribution is 2.49. The van der Waals surface area contributed by atoms with E-state index in [2.05, 4.69) is 118 Å². The van der Waals surface area contributed by atoms with Crippen molar-refractivity contribution >= 4 is 17.1 Å². The van der Waals surface area contributed by atoms with E-state index in [0.29, 0.717) is 12.0 Å². The Bertz CT molecular complexity index is 1130. The fourth-order valence-corrected chi connectivity index (χ4v) is 5.25. The Hall–Kier alpha value is -3.00. The van der Waals surface area contributed by atoms with E-state index in [1.165, 1.54) is 50.5 Å². The lowest BCUT2D eigenvalue weighted by molar-refractivity contribution is 0.269. The molecule has 2 heteroatoms. The van der Waals surface area contributed by atoms with Crippen molar-refractivity contribution in [2.75, 3.05) is 4.90 Å². The van der Waals surface area contributed by atoms with Crippen LogP contribution in [0, 0.1) is 33.4 Å². The first-order valence-electron chi connectivity index (χ1n) is 11.3. The van der Waals surface area contributed by atoms with Gasteiger partial charge in [-0.1, -0.05) is 86.1 Å². The summed E-state index contributed by atoms with van der Waals surface area (Å²) in [7, 11) is 0. The number of fused-ring (bicyclic) bond motifs is 3. The van der Waals surface area contributed by atoms with Crippen LogP contribution in [0.1, 0.15) is 47.2 Å². The summed E-state index contributed by atoms with van der Waals surface area (Å²) in [6.07, 6.45) is 1.05. The van der Waals surface area contributed by atoms with Gasteiger partial charge in [0.2, 0.25) is 6.67 Å². The van der Waals surface area contributed by atoms with Crippen molar-refractivity contribution in [3.8, 4) is 0 Å². The smallest absolute Gasteiger partial charge is 0.214 e. The third kappa shape index (κ3) is 3.26. The normalized spacial score (nSPS) is 17.9. The zero-order valence-corrected chi connectivity index (χ0v) is 19.1. The van der Waals surface area contributed by atoms with Crippen LogP contribution < -0.4 is 4.90 Å². The summed E-state index contributed by atoms with van der Waals surface area (Å²) < 4.78 is 0. The summed E-state index contributed by atoms with van der Waals surface area (Å²) in [5.74, 6) is 0.521. The average molecular weight is 407 g/mol. The first-order valence-corrected chi connectivity index (χ1v) is 11.3. The molecule has 0 aromatic heterocycles. The Morgan fingerprint density at radius 2 is 1.48 bits per heavy atom. The van der Waals surface area contributed by atoms with Crippen LogP contribution in [-0.2, 0) is 6.42 Å². The van der Waals surface area contributed by atoms with E-state index < -0.39 is 0 Å². The predicted molar refractivity (Wildman–Crippen MR) is 130 cm³/mol. The molecule has 0 N–H and O–H groups in total. The average Bonchev–Trinajstić information content (AvgIpc) is 3.13.